The third-order valence-corrected chi connectivity index (χ3v) is 1.98. The van der Waals surface area contributed by atoms with Crippen LogP contribution in [0, 0.1) is 5.41 Å². The van der Waals surface area contributed by atoms with Crippen molar-refractivity contribution in [2.24, 2.45) is 5.73 Å². The fourth-order valence-corrected chi connectivity index (χ4v) is 1.16. The lowest BCUT2D eigenvalue weighted by Crippen LogP contribution is -2.35. The Morgan fingerprint density at radius 3 is 2.50 bits per heavy atom. The molecule has 0 saturated heterocycles. The maximum Gasteiger partial charge on any atom is 0.448 e. The van der Waals surface area contributed by atoms with Crippen molar-refractivity contribution in [1.82, 2.24) is 5.32 Å². The third-order valence-electron chi connectivity index (χ3n) is 1.98. The van der Waals surface area contributed by atoms with E-state index in [4.69, 9.17) is 11.1 Å². The van der Waals surface area contributed by atoms with Crippen molar-refractivity contribution in [3.8, 4) is 0 Å². The van der Waals surface area contributed by atoms with E-state index < -0.39 is 12.0 Å². The molecule has 16 heavy (non-hydrogen) atoms. The number of rotatable bonds is 3. The van der Waals surface area contributed by atoms with Crippen LogP contribution in [0.4, 0.5) is 13.2 Å². The van der Waals surface area contributed by atoms with Crippen LogP contribution in [0.15, 0.2) is 24.3 Å². The molecule has 1 rings (SSSR count). The van der Waals surface area contributed by atoms with Gasteiger partial charge in [-0.25, -0.2) is 0 Å². The SMILES string of the molecule is N=C(NCc1cccc(CN)c1)C(F)(F)F. The van der Waals surface area contributed by atoms with E-state index in [1.165, 1.54) is 0 Å². The van der Waals surface area contributed by atoms with Crippen molar-refractivity contribution in [3.05, 3.63) is 35.4 Å². The molecule has 6 heteroatoms. The van der Waals surface area contributed by atoms with Gasteiger partial charge in [-0.2, -0.15) is 13.2 Å². The highest BCUT2D eigenvalue weighted by molar-refractivity contribution is 5.84. The largest absolute Gasteiger partial charge is 0.448 e. The number of hydrogen-bond acceptors (Lipinski definition) is 2. The van der Waals surface area contributed by atoms with Crippen LogP contribution in [-0.4, -0.2) is 12.0 Å². The zero-order valence-electron chi connectivity index (χ0n) is 8.43. The van der Waals surface area contributed by atoms with Gasteiger partial charge in [-0.15, -0.1) is 0 Å². The second kappa shape index (κ2) is 4.98. The summed E-state index contributed by atoms with van der Waals surface area (Å²) in [6.45, 7) is 0.302. The molecule has 0 amide bonds. The van der Waals surface area contributed by atoms with E-state index in [1.807, 2.05) is 5.32 Å². The zero-order chi connectivity index (χ0) is 12.2. The second-order valence-corrected chi connectivity index (χ2v) is 3.25. The normalized spacial score (nSPS) is 11.2. The van der Waals surface area contributed by atoms with E-state index in [0.717, 1.165) is 5.56 Å². The molecule has 3 nitrogen and oxygen atoms in total. The highest BCUT2D eigenvalue weighted by Gasteiger charge is 2.34. The van der Waals surface area contributed by atoms with Crippen molar-refractivity contribution in [1.29, 1.82) is 5.41 Å². The minimum Gasteiger partial charge on any atom is -0.362 e. The molecule has 88 valence electrons. The lowest BCUT2D eigenvalue weighted by Gasteiger charge is -2.11. The molecule has 1 aromatic carbocycles. The molecule has 0 saturated carbocycles. The Labute approximate surface area is 91.0 Å². The first-order valence-electron chi connectivity index (χ1n) is 4.61. The van der Waals surface area contributed by atoms with Gasteiger partial charge in [-0.3, -0.25) is 5.41 Å². The molecule has 0 bridgehead atoms. The van der Waals surface area contributed by atoms with E-state index in [1.54, 1.807) is 24.3 Å². The Balaban J connectivity index is 2.58. The fraction of sp³-hybridized carbons (Fsp3) is 0.300. The van der Waals surface area contributed by atoms with Gasteiger partial charge < -0.3 is 11.1 Å². The number of nitrogens with one attached hydrogen (secondary N) is 2. The highest BCUT2D eigenvalue weighted by atomic mass is 19.4. The molecule has 0 radical (unpaired) electrons. The van der Waals surface area contributed by atoms with Gasteiger partial charge in [-0.05, 0) is 11.1 Å². The van der Waals surface area contributed by atoms with Crippen LogP contribution in [0.2, 0.25) is 0 Å². The molecule has 0 fully saturated rings. The fourth-order valence-electron chi connectivity index (χ4n) is 1.16. The summed E-state index contributed by atoms with van der Waals surface area (Å²) in [7, 11) is 0. The van der Waals surface area contributed by atoms with Crippen LogP contribution in [0.1, 0.15) is 11.1 Å². The van der Waals surface area contributed by atoms with Gasteiger partial charge in [0.25, 0.3) is 0 Å². The molecular formula is C10H12F3N3. The van der Waals surface area contributed by atoms with Crippen LogP contribution in [-0.2, 0) is 13.1 Å². The lowest BCUT2D eigenvalue weighted by atomic mass is 10.1. The van der Waals surface area contributed by atoms with Gasteiger partial charge >= 0.3 is 6.18 Å². The van der Waals surface area contributed by atoms with Crippen molar-refractivity contribution in [2.45, 2.75) is 19.3 Å². The minimum atomic E-state index is -4.62. The van der Waals surface area contributed by atoms with Gasteiger partial charge in [-0.1, -0.05) is 24.3 Å². The van der Waals surface area contributed by atoms with E-state index in [0.29, 0.717) is 12.1 Å². The Kier molecular flexibility index (Phi) is 3.89. The standard InChI is InChI=1S/C10H12F3N3/c11-10(12,13)9(15)16-6-8-3-1-2-7(4-8)5-14/h1-4H,5-6,14H2,(H2,15,16). The smallest absolute Gasteiger partial charge is 0.362 e. The predicted molar refractivity (Wildman–Crippen MR) is 55.0 cm³/mol. The summed E-state index contributed by atoms with van der Waals surface area (Å²) in [5.41, 5.74) is 6.91. The summed E-state index contributed by atoms with van der Waals surface area (Å²) in [4.78, 5) is 0. The molecule has 4 N–H and O–H groups in total. The number of nitrogens with two attached hydrogens (primary N) is 1. The monoisotopic (exact) mass is 231 g/mol. The molecule has 0 aliphatic rings. The van der Waals surface area contributed by atoms with E-state index in [-0.39, 0.29) is 6.54 Å². The summed E-state index contributed by atoms with van der Waals surface area (Å²) in [6, 6.07) is 6.89. The molecular weight excluding hydrogens is 219 g/mol. The Morgan fingerprint density at radius 2 is 1.94 bits per heavy atom. The number of halogens is 3. The second-order valence-electron chi connectivity index (χ2n) is 3.25. The van der Waals surface area contributed by atoms with Crippen LogP contribution in [0.5, 0.6) is 0 Å². The van der Waals surface area contributed by atoms with E-state index >= 15 is 0 Å². The average Bonchev–Trinajstić information content (AvgIpc) is 2.25. The predicted octanol–water partition coefficient (Wildman–Crippen LogP) is 1.77. The summed E-state index contributed by atoms with van der Waals surface area (Å²) >= 11 is 0. The summed E-state index contributed by atoms with van der Waals surface area (Å²) < 4.78 is 36.0. The molecule has 0 unspecified atom stereocenters. The van der Waals surface area contributed by atoms with E-state index in [2.05, 4.69) is 0 Å². The van der Waals surface area contributed by atoms with Crippen molar-refractivity contribution < 1.29 is 13.2 Å². The first kappa shape index (κ1) is 12.5. The van der Waals surface area contributed by atoms with Crippen molar-refractivity contribution in [2.75, 3.05) is 0 Å². The lowest BCUT2D eigenvalue weighted by molar-refractivity contribution is -0.0627. The Morgan fingerprint density at radius 1 is 1.31 bits per heavy atom. The molecule has 0 spiro atoms. The van der Waals surface area contributed by atoms with Crippen molar-refractivity contribution >= 4 is 5.84 Å². The first-order valence-corrected chi connectivity index (χ1v) is 4.61. The molecule has 0 aliphatic carbocycles. The van der Waals surface area contributed by atoms with Gasteiger partial charge in [0.1, 0.15) is 0 Å². The summed E-state index contributed by atoms with van der Waals surface area (Å²) in [5.74, 6) is -1.44. The number of amidine groups is 1. The van der Waals surface area contributed by atoms with Gasteiger partial charge in [0.15, 0.2) is 0 Å². The number of benzene rings is 1. The topological polar surface area (TPSA) is 61.9 Å². The number of alkyl halides is 3. The summed E-state index contributed by atoms with van der Waals surface area (Å²) in [5, 5.41) is 8.73. The zero-order valence-corrected chi connectivity index (χ0v) is 8.43. The first-order chi connectivity index (χ1) is 7.43. The third kappa shape index (κ3) is 3.54. The molecule has 0 aromatic heterocycles. The van der Waals surface area contributed by atoms with Crippen LogP contribution in [0.3, 0.4) is 0 Å². The van der Waals surface area contributed by atoms with Gasteiger partial charge in [0.2, 0.25) is 5.84 Å². The average molecular weight is 231 g/mol. The number of hydrogen-bond donors (Lipinski definition) is 3. The van der Waals surface area contributed by atoms with Gasteiger partial charge in [0.05, 0.1) is 0 Å². The van der Waals surface area contributed by atoms with Crippen LogP contribution < -0.4 is 11.1 Å². The maximum absolute atomic E-state index is 12.0. The van der Waals surface area contributed by atoms with Crippen LogP contribution >= 0.6 is 0 Å². The minimum absolute atomic E-state index is 0.0355. The molecule has 0 heterocycles. The van der Waals surface area contributed by atoms with Gasteiger partial charge in [0, 0.05) is 13.1 Å². The Hall–Kier alpha value is -1.56. The Bertz CT molecular complexity index is 374. The van der Waals surface area contributed by atoms with Crippen molar-refractivity contribution in [3.63, 3.8) is 0 Å². The van der Waals surface area contributed by atoms with E-state index in [9.17, 15) is 13.2 Å². The highest BCUT2D eigenvalue weighted by Crippen LogP contribution is 2.15. The molecule has 0 aliphatic heterocycles. The van der Waals surface area contributed by atoms with Crippen LogP contribution in [0.25, 0.3) is 0 Å². The quantitative estimate of drug-likeness (QED) is 0.548. The summed E-state index contributed by atoms with van der Waals surface area (Å²) in [6.07, 6.45) is -4.62. The molecule has 1 aromatic rings. The molecule has 0 atom stereocenters. The maximum atomic E-state index is 12.0.